The normalized spacial score (nSPS) is 12.5. The number of nitrogen functional groups attached to an aromatic ring is 1. The van der Waals surface area contributed by atoms with Gasteiger partial charge in [0.05, 0.1) is 15.9 Å². The Kier molecular flexibility index (Phi) is 3.46. The number of fused-ring (bicyclic) bond motifs is 1. The van der Waals surface area contributed by atoms with E-state index in [9.17, 15) is 0 Å². The van der Waals surface area contributed by atoms with E-state index in [1.54, 1.807) is 11.3 Å². The minimum atomic E-state index is 0.128. The summed E-state index contributed by atoms with van der Waals surface area (Å²) in [6.07, 6.45) is 1.54. The number of nitrogens with one attached hydrogen (secondary N) is 1. The van der Waals surface area contributed by atoms with Gasteiger partial charge in [-0.2, -0.15) is 0 Å². The first-order valence-electron chi connectivity index (χ1n) is 6.15. The molecule has 0 radical (unpaired) electrons. The first-order chi connectivity index (χ1) is 9.63. The lowest BCUT2D eigenvalue weighted by atomic mass is 10.2. The number of thiophene rings is 1. The van der Waals surface area contributed by atoms with E-state index in [0.717, 1.165) is 25.9 Å². The molecule has 4 nitrogen and oxygen atoms in total. The number of halogens is 1. The monoisotopic (exact) mass is 304 g/mol. The molecular weight excluding hydrogens is 292 g/mol. The van der Waals surface area contributed by atoms with Gasteiger partial charge >= 0.3 is 0 Å². The molecule has 0 saturated carbocycles. The first kappa shape index (κ1) is 13.1. The highest BCUT2D eigenvalue weighted by molar-refractivity contribution is 7.16. The minimum absolute atomic E-state index is 0.128. The molecule has 2 heterocycles. The third-order valence-corrected chi connectivity index (χ3v) is 4.45. The number of rotatable bonds is 3. The molecule has 3 rings (SSSR count). The Morgan fingerprint density at radius 3 is 2.85 bits per heavy atom. The average molecular weight is 305 g/mol. The summed E-state index contributed by atoms with van der Waals surface area (Å²) < 4.78 is 0.786. The average Bonchev–Trinajstić information content (AvgIpc) is 2.85. The van der Waals surface area contributed by atoms with E-state index in [1.165, 1.54) is 6.33 Å². The molecule has 0 aliphatic heterocycles. The maximum Gasteiger partial charge on any atom is 0.137 e. The minimum Gasteiger partial charge on any atom is -0.399 e. The number of hydrogen-bond acceptors (Lipinski definition) is 5. The lowest BCUT2D eigenvalue weighted by molar-refractivity contribution is 0.898. The van der Waals surface area contributed by atoms with Crippen molar-refractivity contribution in [2.45, 2.75) is 13.0 Å². The molecule has 102 valence electrons. The van der Waals surface area contributed by atoms with Crippen LogP contribution in [-0.4, -0.2) is 9.97 Å². The first-order valence-corrected chi connectivity index (χ1v) is 7.35. The molecule has 2 aromatic heterocycles. The highest BCUT2D eigenvalue weighted by atomic mass is 35.5. The fourth-order valence-electron chi connectivity index (χ4n) is 2.03. The molecule has 0 aliphatic carbocycles. The van der Waals surface area contributed by atoms with Gasteiger partial charge in [0.25, 0.3) is 0 Å². The van der Waals surface area contributed by atoms with Gasteiger partial charge in [0.2, 0.25) is 0 Å². The van der Waals surface area contributed by atoms with E-state index >= 15 is 0 Å². The highest BCUT2D eigenvalue weighted by Gasteiger charge is 2.11. The van der Waals surface area contributed by atoms with E-state index in [4.69, 9.17) is 17.3 Å². The quantitative estimate of drug-likeness (QED) is 0.715. The van der Waals surface area contributed by atoms with Crippen molar-refractivity contribution in [3.8, 4) is 0 Å². The number of aromatic nitrogens is 2. The molecule has 0 aliphatic rings. The molecule has 1 unspecified atom stereocenters. The van der Waals surface area contributed by atoms with E-state index in [2.05, 4.69) is 22.2 Å². The van der Waals surface area contributed by atoms with Crippen molar-refractivity contribution in [3.63, 3.8) is 0 Å². The molecule has 0 amide bonds. The van der Waals surface area contributed by atoms with Crippen molar-refractivity contribution >= 4 is 45.3 Å². The summed E-state index contributed by atoms with van der Waals surface area (Å²) in [6, 6.07) is 9.67. The van der Waals surface area contributed by atoms with Crippen molar-refractivity contribution in [1.82, 2.24) is 9.97 Å². The summed E-state index contributed by atoms with van der Waals surface area (Å²) in [5.41, 5.74) is 7.30. The SMILES string of the molecule is CC(Nc1ncnc2cc(N)ccc12)c1ccc(Cl)s1. The summed E-state index contributed by atoms with van der Waals surface area (Å²) in [5.74, 6) is 0.798. The Morgan fingerprint density at radius 2 is 2.10 bits per heavy atom. The van der Waals surface area contributed by atoms with Crippen molar-refractivity contribution in [2.24, 2.45) is 0 Å². The summed E-state index contributed by atoms with van der Waals surface area (Å²) in [4.78, 5) is 9.72. The van der Waals surface area contributed by atoms with Gasteiger partial charge in [-0.05, 0) is 37.3 Å². The Labute approximate surface area is 125 Å². The van der Waals surface area contributed by atoms with Gasteiger partial charge in [-0.3, -0.25) is 0 Å². The largest absolute Gasteiger partial charge is 0.399 e. The second kappa shape index (κ2) is 5.26. The smallest absolute Gasteiger partial charge is 0.137 e. The van der Waals surface area contributed by atoms with Crippen LogP contribution in [0.4, 0.5) is 11.5 Å². The van der Waals surface area contributed by atoms with Crippen molar-refractivity contribution < 1.29 is 0 Å². The lowest BCUT2D eigenvalue weighted by Crippen LogP contribution is -2.07. The molecule has 0 spiro atoms. The second-order valence-electron chi connectivity index (χ2n) is 4.51. The van der Waals surface area contributed by atoms with Gasteiger partial charge in [-0.1, -0.05) is 11.6 Å². The summed E-state index contributed by atoms with van der Waals surface area (Å²) in [5, 5.41) is 4.35. The predicted octanol–water partition coefficient (Wildman–Crippen LogP) is 4.10. The van der Waals surface area contributed by atoms with Gasteiger partial charge in [0, 0.05) is 16.0 Å². The Hall–Kier alpha value is -1.85. The number of nitrogens with two attached hydrogens (primary N) is 1. The molecule has 6 heteroatoms. The predicted molar refractivity (Wildman–Crippen MR) is 85.3 cm³/mol. The van der Waals surface area contributed by atoms with E-state index in [-0.39, 0.29) is 6.04 Å². The van der Waals surface area contributed by atoms with Crippen LogP contribution in [0.3, 0.4) is 0 Å². The van der Waals surface area contributed by atoms with Gasteiger partial charge in [0.15, 0.2) is 0 Å². The molecule has 3 aromatic rings. The number of anilines is 2. The third kappa shape index (κ3) is 2.55. The maximum absolute atomic E-state index is 5.97. The Bertz CT molecular complexity index is 756. The van der Waals surface area contributed by atoms with Crippen LogP contribution in [0.25, 0.3) is 10.9 Å². The molecule has 0 bridgehead atoms. The summed E-state index contributed by atoms with van der Waals surface area (Å²) in [6.45, 7) is 2.08. The zero-order valence-electron chi connectivity index (χ0n) is 10.8. The molecule has 3 N–H and O–H groups in total. The molecule has 20 heavy (non-hydrogen) atoms. The van der Waals surface area contributed by atoms with E-state index < -0.39 is 0 Å². The molecular formula is C14H13ClN4S. The van der Waals surface area contributed by atoms with Gasteiger partial charge in [-0.15, -0.1) is 11.3 Å². The second-order valence-corrected chi connectivity index (χ2v) is 6.25. The van der Waals surface area contributed by atoms with Gasteiger partial charge in [0.1, 0.15) is 12.1 Å². The number of nitrogens with zero attached hydrogens (tertiary/aromatic N) is 2. The molecule has 1 aromatic carbocycles. The zero-order chi connectivity index (χ0) is 14.1. The van der Waals surface area contributed by atoms with Gasteiger partial charge < -0.3 is 11.1 Å². The molecule has 0 fully saturated rings. The molecule has 0 saturated heterocycles. The van der Waals surface area contributed by atoms with Gasteiger partial charge in [-0.25, -0.2) is 9.97 Å². The van der Waals surface area contributed by atoms with Crippen LogP contribution in [0.5, 0.6) is 0 Å². The van der Waals surface area contributed by atoms with E-state index in [0.29, 0.717) is 5.69 Å². The van der Waals surface area contributed by atoms with Crippen molar-refractivity contribution in [3.05, 3.63) is 45.9 Å². The maximum atomic E-state index is 5.97. The molecule has 1 atom stereocenters. The Morgan fingerprint density at radius 1 is 1.25 bits per heavy atom. The lowest BCUT2D eigenvalue weighted by Gasteiger charge is -2.14. The fourth-order valence-corrected chi connectivity index (χ4v) is 3.09. The van der Waals surface area contributed by atoms with Crippen LogP contribution < -0.4 is 11.1 Å². The number of hydrogen-bond donors (Lipinski definition) is 2. The summed E-state index contributed by atoms with van der Waals surface area (Å²) in [7, 11) is 0. The summed E-state index contributed by atoms with van der Waals surface area (Å²) >= 11 is 7.53. The van der Waals surface area contributed by atoms with Crippen LogP contribution in [0.1, 0.15) is 17.8 Å². The highest BCUT2D eigenvalue weighted by Crippen LogP contribution is 2.30. The van der Waals surface area contributed by atoms with E-state index in [1.807, 2.05) is 30.3 Å². The fraction of sp³-hybridized carbons (Fsp3) is 0.143. The third-order valence-electron chi connectivity index (χ3n) is 3.03. The van der Waals surface area contributed by atoms with Crippen LogP contribution >= 0.6 is 22.9 Å². The van der Waals surface area contributed by atoms with Crippen molar-refractivity contribution in [1.29, 1.82) is 0 Å². The van der Waals surface area contributed by atoms with Crippen molar-refractivity contribution in [2.75, 3.05) is 11.1 Å². The standard InChI is InChI=1S/C14H13ClN4S/c1-8(12-4-5-13(15)20-12)19-14-10-3-2-9(16)6-11(10)17-7-18-14/h2-8H,16H2,1H3,(H,17,18,19). The topological polar surface area (TPSA) is 63.8 Å². The zero-order valence-corrected chi connectivity index (χ0v) is 12.4. The van der Waals surface area contributed by atoms with Crippen LogP contribution in [0.2, 0.25) is 4.34 Å². The number of benzene rings is 1. The van der Waals surface area contributed by atoms with Crippen LogP contribution in [0, 0.1) is 0 Å². The van der Waals surface area contributed by atoms with Crippen LogP contribution in [0.15, 0.2) is 36.7 Å². The Balaban J connectivity index is 1.94. The van der Waals surface area contributed by atoms with Crippen LogP contribution in [-0.2, 0) is 0 Å².